The van der Waals surface area contributed by atoms with E-state index in [4.69, 9.17) is 4.74 Å². The highest BCUT2D eigenvalue weighted by Gasteiger charge is 2.60. The summed E-state index contributed by atoms with van der Waals surface area (Å²) in [7, 11) is 2.12. The predicted octanol–water partition coefficient (Wildman–Crippen LogP) is 0.891. The van der Waals surface area contributed by atoms with Crippen molar-refractivity contribution in [3.8, 4) is 0 Å². The van der Waals surface area contributed by atoms with Gasteiger partial charge in [-0.2, -0.15) is 0 Å². The first kappa shape index (κ1) is 9.00. The maximum Gasteiger partial charge on any atom is 0.309 e. The summed E-state index contributed by atoms with van der Waals surface area (Å²) in [5.74, 6) is 0.232. The van der Waals surface area contributed by atoms with Gasteiger partial charge in [0.2, 0.25) is 0 Å². The molecule has 0 N–H and O–H groups in total. The minimum Gasteiger partial charge on any atom is -0.466 e. The van der Waals surface area contributed by atoms with Gasteiger partial charge in [-0.05, 0) is 38.8 Å². The predicted molar refractivity (Wildman–Crippen MR) is 49.3 cm³/mol. The van der Waals surface area contributed by atoms with E-state index >= 15 is 0 Å². The van der Waals surface area contributed by atoms with Gasteiger partial charge in [0, 0.05) is 6.54 Å². The Balaban J connectivity index is 1.90. The van der Waals surface area contributed by atoms with Crippen LogP contribution in [-0.2, 0) is 9.53 Å². The molecule has 3 heteroatoms. The van der Waals surface area contributed by atoms with Crippen molar-refractivity contribution in [2.75, 3.05) is 26.7 Å². The van der Waals surface area contributed by atoms with Crippen LogP contribution < -0.4 is 0 Å². The summed E-state index contributed by atoms with van der Waals surface area (Å²) in [5.41, 5.74) is 0.307. The van der Waals surface area contributed by atoms with E-state index in [0.29, 0.717) is 12.0 Å². The van der Waals surface area contributed by atoms with Gasteiger partial charge in [0.1, 0.15) is 0 Å². The summed E-state index contributed by atoms with van der Waals surface area (Å²) in [5, 5.41) is 0. The molecule has 3 nitrogen and oxygen atoms in total. The van der Waals surface area contributed by atoms with Crippen molar-refractivity contribution in [2.24, 2.45) is 11.3 Å². The lowest BCUT2D eigenvalue weighted by molar-refractivity contribution is -0.145. The van der Waals surface area contributed by atoms with Gasteiger partial charge in [0.15, 0.2) is 0 Å². The zero-order valence-electron chi connectivity index (χ0n) is 8.38. The second-order valence-corrected chi connectivity index (χ2v) is 4.36. The largest absolute Gasteiger partial charge is 0.466 e. The molecular weight excluding hydrogens is 166 g/mol. The molecule has 74 valence electrons. The third-order valence-electron chi connectivity index (χ3n) is 3.34. The number of nitrogens with zero attached hydrogens (tertiary/aromatic N) is 1. The number of ether oxygens (including phenoxy) is 1. The fourth-order valence-electron chi connectivity index (χ4n) is 2.48. The molecule has 1 aliphatic carbocycles. The molecule has 2 atom stereocenters. The standard InChI is InChI=1S/C10H17NO2/c1-3-13-9(12)8-6-10(8)4-5-11(2)7-10/h8H,3-7H2,1-2H3. The third-order valence-corrected chi connectivity index (χ3v) is 3.34. The molecular formula is C10H17NO2. The van der Waals surface area contributed by atoms with Crippen LogP contribution in [0.2, 0.25) is 0 Å². The fraction of sp³-hybridized carbons (Fsp3) is 0.900. The van der Waals surface area contributed by atoms with Crippen LogP contribution in [0.1, 0.15) is 19.8 Å². The van der Waals surface area contributed by atoms with E-state index in [-0.39, 0.29) is 11.9 Å². The Labute approximate surface area is 79.0 Å². The van der Waals surface area contributed by atoms with Crippen molar-refractivity contribution < 1.29 is 9.53 Å². The fourth-order valence-corrected chi connectivity index (χ4v) is 2.48. The number of rotatable bonds is 2. The first-order valence-electron chi connectivity index (χ1n) is 5.03. The Morgan fingerprint density at radius 3 is 3.00 bits per heavy atom. The van der Waals surface area contributed by atoms with Crippen LogP contribution in [-0.4, -0.2) is 37.6 Å². The van der Waals surface area contributed by atoms with E-state index in [1.165, 1.54) is 6.42 Å². The molecule has 1 heterocycles. The Hall–Kier alpha value is -0.570. The molecule has 1 aliphatic heterocycles. The lowest BCUT2D eigenvalue weighted by Gasteiger charge is -2.09. The van der Waals surface area contributed by atoms with Crippen LogP contribution in [0, 0.1) is 11.3 Å². The number of likely N-dealkylation sites (tertiary alicyclic amines) is 1. The summed E-state index contributed by atoms with van der Waals surface area (Å²) in [6.45, 7) is 4.60. The van der Waals surface area contributed by atoms with Crippen molar-refractivity contribution in [1.29, 1.82) is 0 Å². The quantitative estimate of drug-likeness (QED) is 0.595. The molecule has 0 amide bonds. The van der Waals surface area contributed by atoms with Crippen molar-refractivity contribution in [3.05, 3.63) is 0 Å². The minimum atomic E-state index is 0.0257. The summed E-state index contributed by atoms with van der Waals surface area (Å²) in [6.07, 6.45) is 2.23. The zero-order valence-corrected chi connectivity index (χ0v) is 8.38. The molecule has 0 aromatic carbocycles. The van der Waals surface area contributed by atoms with Crippen molar-refractivity contribution in [2.45, 2.75) is 19.8 Å². The van der Waals surface area contributed by atoms with Gasteiger partial charge >= 0.3 is 5.97 Å². The molecule has 2 fully saturated rings. The Morgan fingerprint density at radius 2 is 2.46 bits per heavy atom. The van der Waals surface area contributed by atoms with E-state index in [0.717, 1.165) is 19.5 Å². The monoisotopic (exact) mass is 183 g/mol. The first-order chi connectivity index (χ1) is 6.18. The minimum absolute atomic E-state index is 0.0257. The van der Waals surface area contributed by atoms with Gasteiger partial charge in [0.25, 0.3) is 0 Å². The Morgan fingerprint density at radius 1 is 1.69 bits per heavy atom. The van der Waals surface area contributed by atoms with Gasteiger partial charge < -0.3 is 9.64 Å². The molecule has 0 bridgehead atoms. The van der Waals surface area contributed by atoms with E-state index < -0.39 is 0 Å². The molecule has 2 rings (SSSR count). The highest BCUT2D eigenvalue weighted by molar-refractivity contribution is 5.77. The van der Waals surface area contributed by atoms with E-state index in [2.05, 4.69) is 11.9 Å². The number of carbonyl (C=O) groups is 1. The first-order valence-corrected chi connectivity index (χ1v) is 5.03. The van der Waals surface area contributed by atoms with Crippen LogP contribution in [0.15, 0.2) is 0 Å². The van der Waals surface area contributed by atoms with Crippen LogP contribution in [0.25, 0.3) is 0 Å². The van der Waals surface area contributed by atoms with Crippen LogP contribution in [0.4, 0.5) is 0 Å². The SMILES string of the molecule is CCOC(=O)C1CC12CCN(C)C2. The maximum absolute atomic E-state index is 11.4. The lowest BCUT2D eigenvalue weighted by atomic mass is 10.0. The van der Waals surface area contributed by atoms with Crippen LogP contribution >= 0.6 is 0 Å². The normalized spacial score (nSPS) is 38.2. The lowest BCUT2D eigenvalue weighted by Crippen LogP contribution is -2.18. The average molecular weight is 183 g/mol. The summed E-state index contributed by atoms with van der Waals surface area (Å²) in [6, 6.07) is 0. The molecule has 2 aliphatic rings. The maximum atomic E-state index is 11.4. The van der Waals surface area contributed by atoms with Crippen LogP contribution in [0.3, 0.4) is 0 Å². The summed E-state index contributed by atoms with van der Waals surface area (Å²) >= 11 is 0. The van der Waals surface area contributed by atoms with Crippen molar-refractivity contribution in [1.82, 2.24) is 4.90 Å². The molecule has 1 spiro atoms. The number of hydrogen-bond acceptors (Lipinski definition) is 3. The van der Waals surface area contributed by atoms with E-state index in [1.54, 1.807) is 0 Å². The van der Waals surface area contributed by atoms with E-state index in [1.807, 2.05) is 6.92 Å². The average Bonchev–Trinajstić information content (AvgIpc) is 2.64. The van der Waals surface area contributed by atoms with Gasteiger partial charge in [-0.15, -0.1) is 0 Å². The highest BCUT2D eigenvalue weighted by atomic mass is 16.5. The molecule has 0 aromatic rings. The third kappa shape index (κ3) is 1.46. The molecule has 0 radical (unpaired) electrons. The molecule has 13 heavy (non-hydrogen) atoms. The smallest absolute Gasteiger partial charge is 0.309 e. The van der Waals surface area contributed by atoms with Crippen molar-refractivity contribution in [3.63, 3.8) is 0 Å². The van der Waals surface area contributed by atoms with Crippen LogP contribution in [0.5, 0.6) is 0 Å². The van der Waals surface area contributed by atoms with Gasteiger partial charge in [-0.1, -0.05) is 0 Å². The molecule has 2 unspecified atom stereocenters. The van der Waals surface area contributed by atoms with Gasteiger partial charge in [0.05, 0.1) is 12.5 Å². The number of esters is 1. The molecule has 1 saturated carbocycles. The van der Waals surface area contributed by atoms with Gasteiger partial charge in [-0.25, -0.2) is 0 Å². The second kappa shape index (κ2) is 2.98. The summed E-state index contributed by atoms with van der Waals surface area (Å²) in [4.78, 5) is 13.7. The molecule has 0 aromatic heterocycles. The molecule has 1 saturated heterocycles. The highest BCUT2D eigenvalue weighted by Crippen LogP contribution is 2.58. The van der Waals surface area contributed by atoms with E-state index in [9.17, 15) is 4.79 Å². The Kier molecular flexibility index (Phi) is 2.06. The number of carbonyl (C=O) groups excluding carboxylic acids is 1. The van der Waals surface area contributed by atoms with Crippen molar-refractivity contribution >= 4 is 5.97 Å². The van der Waals surface area contributed by atoms with Gasteiger partial charge in [-0.3, -0.25) is 4.79 Å². The summed E-state index contributed by atoms with van der Waals surface area (Å²) < 4.78 is 5.03. The topological polar surface area (TPSA) is 29.5 Å². The second-order valence-electron chi connectivity index (χ2n) is 4.36. The number of hydrogen-bond donors (Lipinski definition) is 0. The zero-order chi connectivity index (χ0) is 9.47. The Bertz CT molecular complexity index is 229.